The first kappa shape index (κ1) is 14.5. The molecule has 106 valence electrons. The van der Waals surface area contributed by atoms with E-state index in [0.717, 1.165) is 25.2 Å². The summed E-state index contributed by atoms with van der Waals surface area (Å²) in [4.78, 5) is 2.61. The number of hydrogen-bond acceptors (Lipinski definition) is 4. The van der Waals surface area contributed by atoms with E-state index in [1.807, 2.05) is 0 Å². The molecule has 0 saturated carbocycles. The van der Waals surface area contributed by atoms with Crippen molar-refractivity contribution >= 4 is 10.0 Å². The summed E-state index contributed by atoms with van der Waals surface area (Å²) < 4.78 is 26.5. The summed E-state index contributed by atoms with van der Waals surface area (Å²) in [6, 6.07) is 6.83. The second-order valence-electron chi connectivity index (χ2n) is 4.69. The zero-order valence-electron chi connectivity index (χ0n) is 11.2. The Morgan fingerprint density at radius 2 is 1.68 bits per heavy atom. The molecule has 1 saturated heterocycles. The Labute approximate surface area is 115 Å². The minimum atomic E-state index is -3.35. The van der Waals surface area contributed by atoms with E-state index in [1.165, 1.54) is 0 Å². The van der Waals surface area contributed by atoms with E-state index in [1.54, 1.807) is 28.6 Å². The van der Waals surface area contributed by atoms with Gasteiger partial charge in [-0.2, -0.15) is 4.31 Å². The lowest BCUT2D eigenvalue weighted by Gasteiger charge is -2.33. The van der Waals surface area contributed by atoms with Crippen molar-refractivity contribution in [1.29, 1.82) is 0 Å². The van der Waals surface area contributed by atoms with Gasteiger partial charge < -0.3 is 10.6 Å². The number of likely N-dealkylation sites (N-methyl/N-ethyl adjacent to an activating group) is 1. The molecule has 1 heterocycles. The molecule has 0 atom stereocenters. The fourth-order valence-corrected chi connectivity index (χ4v) is 3.65. The predicted octanol–water partition coefficient (Wildman–Crippen LogP) is 0.472. The number of benzene rings is 1. The van der Waals surface area contributed by atoms with Gasteiger partial charge in [-0.05, 0) is 24.2 Å². The lowest BCUT2D eigenvalue weighted by molar-refractivity contribution is 0.196. The average molecular weight is 283 g/mol. The summed E-state index contributed by atoms with van der Waals surface area (Å²) in [5.74, 6) is 0. The second kappa shape index (κ2) is 6.00. The van der Waals surface area contributed by atoms with Crippen molar-refractivity contribution in [3.63, 3.8) is 0 Å². The summed E-state index contributed by atoms with van der Waals surface area (Å²) in [6.07, 6.45) is 0. The monoisotopic (exact) mass is 283 g/mol. The molecule has 0 aliphatic carbocycles. The molecule has 1 aromatic rings. The lowest BCUT2D eigenvalue weighted by atomic mass is 10.2. The third kappa shape index (κ3) is 3.14. The van der Waals surface area contributed by atoms with Crippen LogP contribution in [0.5, 0.6) is 0 Å². The minimum Gasteiger partial charge on any atom is -0.326 e. The number of nitrogens with zero attached hydrogens (tertiary/aromatic N) is 2. The van der Waals surface area contributed by atoms with Gasteiger partial charge in [0.25, 0.3) is 0 Å². The largest absolute Gasteiger partial charge is 0.326 e. The van der Waals surface area contributed by atoms with Crippen LogP contribution in [-0.2, 0) is 16.6 Å². The Morgan fingerprint density at radius 3 is 2.16 bits per heavy atom. The fraction of sp³-hybridized carbons (Fsp3) is 0.538. The number of nitrogens with two attached hydrogens (primary N) is 1. The summed E-state index contributed by atoms with van der Waals surface area (Å²) in [5, 5.41) is 0. The van der Waals surface area contributed by atoms with E-state index in [0.29, 0.717) is 24.5 Å². The molecule has 0 amide bonds. The maximum absolute atomic E-state index is 12.5. The van der Waals surface area contributed by atoms with Crippen molar-refractivity contribution in [3.8, 4) is 0 Å². The molecule has 1 fully saturated rings. The van der Waals surface area contributed by atoms with Crippen LogP contribution in [0, 0.1) is 0 Å². The van der Waals surface area contributed by atoms with Crippen LogP contribution in [0.25, 0.3) is 0 Å². The van der Waals surface area contributed by atoms with Crippen molar-refractivity contribution in [2.75, 3.05) is 32.7 Å². The topological polar surface area (TPSA) is 66.6 Å². The maximum Gasteiger partial charge on any atom is 0.243 e. The van der Waals surface area contributed by atoms with Crippen LogP contribution in [0.2, 0.25) is 0 Å². The van der Waals surface area contributed by atoms with Gasteiger partial charge in [-0.25, -0.2) is 8.42 Å². The van der Waals surface area contributed by atoms with Crippen LogP contribution in [0.1, 0.15) is 12.5 Å². The summed E-state index contributed by atoms with van der Waals surface area (Å²) in [6.45, 7) is 6.22. The number of sulfonamides is 1. The van der Waals surface area contributed by atoms with E-state index < -0.39 is 10.0 Å². The standard InChI is InChI=1S/C13H21N3O2S/c1-2-15-7-9-16(10-8-15)19(17,18)13-5-3-12(11-14)4-6-13/h3-6H,2,7-11,14H2,1H3. The first-order chi connectivity index (χ1) is 9.07. The summed E-state index contributed by atoms with van der Waals surface area (Å²) in [5.41, 5.74) is 6.46. The van der Waals surface area contributed by atoms with E-state index >= 15 is 0 Å². The fourth-order valence-electron chi connectivity index (χ4n) is 2.23. The van der Waals surface area contributed by atoms with Gasteiger partial charge in [-0.1, -0.05) is 19.1 Å². The number of rotatable bonds is 4. The second-order valence-corrected chi connectivity index (χ2v) is 6.62. The molecule has 1 aromatic carbocycles. The average Bonchev–Trinajstić information content (AvgIpc) is 2.47. The van der Waals surface area contributed by atoms with Crippen LogP contribution in [0.4, 0.5) is 0 Å². The molecular formula is C13H21N3O2S. The first-order valence-corrected chi connectivity index (χ1v) is 8.03. The molecule has 0 unspecified atom stereocenters. The Morgan fingerprint density at radius 1 is 1.11 bits per heavy atom. The van der Waals surface area contributed by atoms with Gasteiger partial charge in [0.05, 0.1) is 4.90 Å². The highest BCUT2D eigenvalue weighted by atomic mass is 32.2. The van der Waals surface area contributed by atoms with Crippen LogP contribution < -0.4 is 5.73 Å². The Balaban J connectivity index is 2.13. The number of hydrogen-bond donors (Lipinski definition) is 1. The van der Waals surface area contributed by atoms with Crippen molar-refractivity contribution in [3.05, 3.63) is 29.8 Å². The molecule has 0 bridgehead atoms. The van der Waals surface area contributed by atoms with Crippen molar-refractivity contribution in [2.45, 2.75) is 18.4 Å². The highest BCUT2D eigenvalue weighted by molar-refractivity contribution is 7.89. The SMILES string of the molecule is CCN1CCN(S(=O)(=O)c2ccc(CN)cc2)CC1. The van der Waals surface area contributed by atoms with Gasteiger partial charge in [0.2, 0.25) is 10.0 Å². The molecule has 0 aromatic heterocycles. The Bertz CT molecular complexity index is 505. The highest BCUT2D eigenvalue weighted by Gasteiger charge is 2.27. The van der Waals surface area contributed by atoms with Crippen LogP contribution in [0.3, 0.4) is 0 Å². The van der Waals surface area contributed by atoms with Gasteiger partial charge >= 0.3 is 0 Å². The zero-order valence-corrected chi connectivity index (χ0v) is 12.1. The molecule has 0 spiro atoms. The van der Waals surface area contributed by atoms with Gasteiger partial charge in [0.15, 0.2) is 0 Å². The minimum absolute atomic E-state index is 0.356. The highest BCUT2D eigenvalue weighted by Crippen LogP contribution is 2.18. The van der Waals surface area contributed by atoms with Crippen LogP contribution in [-0.4, -0.2) is 50.3 Å². The normalized spacial score (nSPS) is 18.6. The quantitative estimate of drug-likeness (QED) is 0.872. The molecule has 1 aliphatic rings. The van der Waals surface area contributed by atoms with E-state index in [9.17, 15) is 8.42 Å². The third-order valence-electron chi connectivity index (χ3n) is 3.58. The van der Waals surface area contributed by atoms with Gasteiger partial charge in [0.1, 0.15) is 0 Å². The van der Waals surface area contributed by atoms with Crippen LogP contribution in [0.15, 0.2) is 29.2 Å². The summed E-state index contributed by atoms with van der Waals surface area (Å²) >= 11 is 0. The predicted molar refractivity (Wildman–Crippen MR) is 75.2 cm³/mol. The molecule has 2 N–H and O–H groups in total. The first-order valence-electron chi connectivity index (χ1n) is 6.59. The molecule has 6 heteroatoms. The van der Waals surface area contributed by atoms with E-state index in [4.69, 9.17) is 5.73 Å². The van der Waals surface area contributed by atoms with Gasteiger partial charge in [-0.3, -0.25) is 0 Å². The van der Waals surface area contributed by atoms with Gasteiger partial charge in [-0.15, -0.1) is 0 Å². The number of piperazine rings is 1. The van der Waals surface area contributed by atoms with Crippen LogP contribution >= 0.6 is 0 Å². The van der Waals surface area contributed by atoms with Crippen molar-refractivity contribution in [2.24, 2.45) is 5.73 Å². The Kier molecular flexibility index (Phi) is 4.57. The molecule has 19 heavy (non-hydrogen) atoms. The van der Waals surface area contributed by atoms with Crippen molar-refractivity contribution in [1.82, 2.24) is 9.21 Å². The lowest BCUT2D eigenvalue weighted by Crippen LogP contribution is -2.48. The van der Waals surface area contributed by atoms with Gasteiger partial charge in [0, 0.05) is 32.7 Å². The Hall–Kier alpha value is -0.950. The van der Waals surface area contributed by atoms with E-state index in [-0.39, 0.29) is 0 Å². The molecule has 2 rings (SSSR count). The van der Waals surface area contributed by atoms with Crippen molar-refractivity contribution < 1.29 is 8.42 Å². The van der Waals surface area contributed by atoms with E-state index in [2.05, 4.69) is 11.8 Å². The molecule has 5 nitrogen and oxygen atoms in total. The molecular weight excluding hydrogens is 262 g/mol. The smallest absolute Gasteiger partial charge is 0.243 e. The molecule has 0 radical (unpaired) electrons. The molecule has 1 aliphatic heterocycles. The maximum atomic E-state index is 12.5. The summed E-state index contributed by atoms with van der Waals surface area (Å²) in [7, 11) is -3.35. The zero-order chi connectivity index (χ0) is 13.9. The third-order valence-corrected chi connectivity index (χ3v) is 5.49.